The van der Waals surface area contributed by atoms with Crippen molar-refractivity contribution in [3.05, 3.63) is 53.5 Å². The normalized spacial score (nSPS) is 14.2. The van der Waals surface area contributed by atoms with Crippen LogP contribution in [0, 0.1) is 5.82 Å². The highest BCUT2D eigenvalue weighted by molar-refractivity contribution is 5.96. The zero-order valence-electron chi connectivity index (χ0n) is 10.8. The zero-order valence-corrected chi connectivity index (χ0v) is 10.8. The molecule has 0 unspecified atom stereocenters. The SMILES string of the molecule is Nc1ccc(CN2C(=O)CCc3cc(F)ccc32)cn1. The van der Waals surface area contributed by atoms with Gasteiger partial charge < -0.3 is 10.6 Å². The van der Waals surface area contributed by atoms with Crippen molar-refractivity contribution in [2.24, 2.45) is 0 Å². The van der Waals surface area contributed by atoms with Gasteiger partial charge in [-0.05, 0) is 41.8 Å². The number of nitrogens with two attached hydrogens (primary N) is 1. The second-order valence-corrected chi connectivity index (χ2v) is 4.84. The average molecular weight is 271 g/mol. The average Bonchev–Trinajstić information content (AvgIpc) is 2.44. The maximum atomic E-state index is 13.3. The lowest BCUT2D eigenvalue weighted by Gasteiger charge is -2.29. The molecule has 0 spiro atoms. The first kappa shape index (κ1) is 12.6. The molecule has 2 N–H and O–H groups in total. The van der Waals surface area contributed by atoms with E-state index in [4.69, 9.17) is 5.73 Å². The first-order valence-electron chi connectivity index (χ1n) is 6.43. The van der Waals surface area contributed by atoms with Crippen molar-refractivity contribution >= 4 is 17.4 Å². The van der Waals surface area contributed by atoms with Crippen LogP contribution < -0.4 is 10.6 Å². The number of aryl methyl sites for hydroxylation is 1. The molecule has 1 aromatic carbocycles. The highest BCUT2D eigenvalue weighted by Gasteiger charge is 2.24. The number of halogens is 1. The molecule has 0 fully saturated rings. The van der Waals surface area contributed by atoms with Crippen molar-refractivity contribution in [3.63, 3.8) is 0 Å². The van der Waals surface area contributed by atoms with Gasteiger partial charge in [0.25, 0.3) is 0 Å². The lowest BCUT2D eigenvalue weighted by Crippen LogP contribution is -2.34. The molecule has 1 aliphatic rings. The second-order valence-electron chi connectivity index (χ2n) is 4.84. The molecule has 2 heterocycles. The molecule has 0 atom stereocenters. The fraction of sp³-hybridized carbons (Fsp3) is 0.200. The van der Waals surface area contributed by atoms with Gasteiger partial charge >= 0.3 is 0 Å². The Kier molecular flexibility index (Phi) is 3.10. The lowest BCUT2D eigenvalue weighted by atomic mass is 10.0. The van der Waals surface area contributed by atoms with Crippen LogP contribution in [0.3, 0.4) is 0 Å². The highest BCUT2D eigenvalue weighted by Crippen LogP contribution is 2.29. The topological polar surface area (TPSA) is 59.2 Å². The molecule has 4 nitrogen and oxygen atoms in total. The second kappa shape index (κ2) is 4.92. The first-order chi connectivity index (χ1) is 9.63. The number of anilines is 2. The number of nitrogen functional groups attached to an aromatic ring is 1. The van der Waals surface area contributed by atoms with Gasteiger partial charge in [0.15, 0.2) is 0 Å². The number of hydrogen-bond acceptors (Lipinski definition) is 3. The van der Waals surface area contributed by atoms with E-state index in [1.54, 1.807) is 23.2 Å². The number of fused-ring (bicyclic) bond motifs is 1. The Morgan fingerprint density at radius 3 is 2.85 bits per heavy atom. The van der Waals surface area contributed by atoms with Crippen LogP contribution in [0.2, 0.25) is 0 Å². The van der Waals surface area contributed by atoms with Gasteiger partial charge in [0.1, 0.15) is 11.6 Å². The summed E-state index contributed by atoms with van der Waals surface area (Å²) >= 11 is 0. The molecule has 20 heavy (non-hydrogen) atoms. The third-order valence-electron chi connectivity index (χ3n) is 3.43. The monoisotopic (exact) mass is 271 g/mol. The van der Waals surface area contributed by atoms with Crippen LogP contribution in [0.25, 0.3) is 0 Å². The Morgan fingerprint density at radius 1 is 1.25 bits per heavy atom. The molecule has 1 aliphatic heterocycles. The van der Waals surface area contributed by atoms with Crippen LogP contribution in [0.1, 0.15) is 17.5 Å². The Hall–Kier alpha value is -2.43. The third-order valence-corrected chi connectivity index (χ3v) is 3.43. The van der Waals surface area contributed by atoms with Gasteiger partial charge in [0, 0.05) is 18.3 Å². The van der Waals surface area contributed by atoms with Crippen LogP contribution in [-0.4, -0.2) is 10.9 Å². The number of carbonyl (C=O) groups is 1. The lowest BCUT2D eigenvalue weighted by molar-refractivity contribution is -0.119. The van der Waals surface area contributed by atoms with Crippen LogP contribution in [0.5, 0.6) is 0 Å². The van der Waals surface area contributed by atoms with Crippen molar-refractivity contribution < 1.29 is 9.18 Å². The molecule has 0 radical (unpaired) electrons. The van der Waals surface area contributed by atoms with Gasteiger partial charge in [-0.15, -0.1) is 0 Å². The minimum atomic E-state index is -0.271. The minimum absolute atomic E-state index is 0.0425. The summed E-state index contributed by atoms with van der Waals surface area (Å²) < 4.78 is 13.3. The predicted molar refractivity (Wildman–Crippen MR) is 74.6 cm³/mol. The van der Waals surface area contributed by atoms with Crippen LogP contribution in [0.15, 0.2) is 36.5 Å². The molecule has 1 amide bonds. The minimum Gasteiger partial charge on any atom is -0.384 e. The Bertz CT molecular complexity index is 655. The number of rotatable bonds is 2. The van der Waals surface area contributed by atoms with E-state index in [0.29, 0.717) is 25.2 Å². The van der Waals surface area contributed by atoms with E-state index in [9.17, 15) is 9.18 Å². The third kappa shape index (κ3) is 2.34. The molecule has 0 saturated heterocycles. The maximum absolute atomic E-state index is 13.3. The Labute approximate surface area is 116 Å². The summed E-state index contributed by atoms with van der Waals surface area (Å²) in [5.41, 5.74) is 8.09. The van der Waals surface area contributed by atoms with E-state index in [-0.39, 0.29) is 11.7 Å². The summed E-state index contributed by atoms with van der Waals surface area (Å²) in [6, 6.07) is 8.08. The molecule has 3 rings (SSSR count). The van der Waals surface area contributed by atoms with E-state index < -0.39 is 0 Å². The molecular formula is C15H14FN3O. The van der Waals surface area contributed by atoms with Crippen molar-refractivity contribution in [1.82, 2.24) is 4.98 Å². The van der Waals surface area contributed by atoms with E-state index >= 15 is 0 Å². The summed E-state index contributed by atoms with van der Waals surface area (Å²) in [5, 5.41) is 0. The van der Waals surface area contributed by atoms with Crippen molar-refractivity contribution in [2.45, 2.75) is 19.4 Å². The van der Waals surface area contributed by atoms with E-state index in [2.05, 4.69) is 4.98 Å². The fourth-order valence-corrected chi connectivity index (χ4v) is 2.41. The largest absolute Gasteiger partial charge is 0.384 e. The molecule has 102 valence electrons. The summed E-state index contributed by atoms with van der Waals surface area (Å²) in [5.74, 6) is 0.217. The molecule has 0 bridgehead atoms. The van der Waals surface area contributed by atoms with Gasteiger partial charge in [-0.3, -0.25) is 4.79 Å². The van der Waals surface area contributed by atoms with Crippen molar-refractivity contribution in [3.8, 4) is 0 Å². The number of amides is 1. The summed E-state index contributed by atoms with van der Waals surface area (Å²) in [6.07, 6.45) is 2.64. The molecule has 5 heteroatoms. The summed E-state index contributed by atoms with van der Waals surface area (Å²) in [6.45, 7) is 0.421. The van der Waals surface area contributed by atoms with Gasteiger partial charge in [0.2, 0.25) is 5.91 Å². The number of carbonyl (C=O) groups excluding carboxylic acids is 1. The summed E-state index contributed by atoms with van der Waals surface area (Å²) in [7, 11) is 0. The maximum Gasteiger partial charge on any atom is 0.227 e. The number of benzene rings is 1. The van der Waals surface area contributed by atoms with Crippen LogP contribution in [0.4, 0.5) is 15.9 Å². The van der Waals surface area contributed by atoms with Gasteiger partial charge in [-0.2, -0.15) is 0 Å². The van der Waals surface area contributed by atoms with Gasteiger partial charge in [0.05, 0.1) is 6.54 Å². The van der Waals surface area contributed by atoms with E-state index in [1.807, 2.05) is 6.07 Å². The van der Waals surface area contributed by atoms with Gasteiger partial charge in [-0.25, -0.2) is 9.37 Å². The van der Waals surface area contributed by atoms with Crippen molar-refractivity contribution in [2.75, 3.05) is 10.6 Å². The quantitative estimate of drug-likeness (QED) is 0.911. The van der Waals surface area contributed by atoms with E-state index in [0.717, 1.165) is 16.8 Å². The highest BCUT2D eigenvalue weighted by atomic mass is 19.1. The molecular weight excluding hydrogens is 257 g/mol. The Balaban J connectivity index is 1.93. The zero-order chi connectivity index (χ0) is 14.1. The smallest absolute Gasteiger partial charge is 0.227 e. The van der Waals surface area contributed by atoms with Crippen LogP contribution in [-0.2, 0) is 17.8 Å². The molecule has 0 saturated carbocycles. The van der Waals surface area contributed by atoms with Crippen molar-refractivity contribution in [1.29, 1.82) is 0 Å². The Morgan fingerprint density at radius 2 is 2.10 bits per heavy atom. The van der Waals surface area contributed by atoms with E-state index in [1.165, 1.54) is 12.1 Å². The number of aromatic nitrogens is 1. The fourth-order valence-electron chi connectivity index (χ4n) is 2.41. The summed E-state index contributed by atoms with van der Waals surface area (Å²) in [4.78, 5) is 17.8. The first-order valence-corrected chi connectivity index (χ1v) is 6.43. The van der Waals surface area contributed by atoms with Crippen LogP contribution >= 0.6 is 0 Å². The number of nitrogens with zero attached hydrogens (tertiary/aromatic N) is 2. The number of pyridine rings is 1. The number of hydrogen-bond donors (Lipinski definition) is 1. The molecule has 2 aromatic rings. The predicted octanol–water partition coefficient (Wildman–Crippen LogP) is 2.28. The molecule has 0 aliphatic carbocycles. The van der Waals surface area contributed by atoms with Gasteiger partial charge in [-0.1, -0.05) is 6.07 Å². The molecule has 1 aromatic heterocycles. The standard InChI is InChI=1S/C15H14FN3O/c16-12-3-4-13-11(7-12)2-6-15(20)19(13)9-10-1-5-14(17)18-8-10/h1,3-5,7-8H,2,6,9H2,(H2,17,18).